The van der Waals surface area contributed by atoms with Gasteiger partial charge in [0.25, 0.3) is 5.91 Å². The summed E-state index contributed by atoms with van der Waals surface area (Å²) in [6, 6.07) is 4.50. The number of hydrogen-bond acceptors (Lipinski definition) is 6. The van der Waals surface area contributed by atoms with Gasteiger partial charge in [-0.15, -0.1) is 5.10 Å². The summed E-state index contributed by atoms with van der Waals surface area (Å²) in [6.07, 6.45) is 3.78. The van der Waals surface area contributed by atoms with Crippen LogP contribution < -0.4 is 10.1 Å². The van der Waals surface area contributed by atoms with Crippen LogP contribution in [-0.2, 0) is 6.54 Å². The first-order valence-corrected chi connectivity index (χ1v) is 9.69. The Labute approximate surface area is 165 Å². The van der Waals surface area contributed by atoms with Crippen molar-refractivity contribution in [2.24, 2.45) is 0 Å². The van der Waals surface area contributed by atoms with E-state index in [0.29, 0.717) is 0 Å². The van der Waals surface area contributed by atoms with Gasteiger partial charge in [0.2, 0.25) is 0 Å². The molecule has 1 amide bonds. The zero-order chi connectivity index (χ0) is 20.1. The average molecular weight is 387 g/mol. The summed E-state index contributed by atoms with van der Waals surface area (Å²) >= 11 is 0. The predicted molar refractivity (Wildman–Crippen MR) is 105 cm³/mol. The van der Waals surface area contributed by atoms with E-state index in [1.54, 1.807) is 18.0 Å². The van der Waals surface area contributed by atoms with Crippen LogP contribution in [0.5, 0.6) is 5.75 Å². The molecule has 0 unspecified atom stereocenters. The number of rotatable bonds is 7. The van der Waals surface area contributed by atoms with Gasteiger partial charge in [0, 0.05) is 19.6 Å². The first-order valence-electron chi connectivity index (χ1n) is 9.69. The number of nitrogens with zero attached hydrogens (tertiary/aromatic N) is 4. The predicted octanol–water partition coefficient (Wildman–Crippen LogP) is 1.46. The second kappa shape index (κ2) is 9.16. The number of hydrogen-bond donors (Lipinski definition) is 2. The second-order valence-electron chi connectivity index (χ2n) is 7.34. The quantitative estimate of drug-likeness (QED) is 0.747. The molecule has 1 atom stereocenters. The van der Waals surface area contributed by atoms with Crippen molar-refractivity contribution in [1.82, 2.24) is 25.2 Å². The molecule has 1 fully saturated rings. The molecule has 1 aliphatic heterocycles. The zero-order valence-corrected chi connectivity index (χ0v) is 16.8. The fourth-order valence-electron chi connectivity index (χ4n) is 3.69. The number of likely N-dealkylation sites (tertiary alicyclic amines) is 1. The lowest BCUT2D eigenvalue weighted by atomic mass is 10.0. The van der Waals surface area contributed by atoms with E-state index in [-0.39, 0.29) is 30.8 Å². The number of aliphatic hydroxyl groups excluding tert-OH is 1. The molecule has 0 saturated carbocycles. The third-order valence-corrected chi connectivity index (χ3v) is 5.24. The van der Waals surface area contributed by atoms with Gasteiger partial charge in [-0.3, -0.25) is 9.69 Å². The molecule has 2 aromatic rings. The molecule has 1 aromatic carbocycles. The monoisotopic (exact) mass is 387 g/mol. The Morgan fingerprint density at radius 1 is 1.36 bits per heavy atom. The van der Waals surface area contributed by atoms with Gasteiger partial charge in [0.15, 0.2) is 5.69 Å². The van der Waals surface area contributed by atoms with E-state index in [4.69, 9.17) is 9.84 Å². The van der Waals surface area contributed by atoms with E-state index < -0.39 is 0 Å². The maximum absolute atomic E-state index is 12.0. The minimum Gasteiger partial charge on any atom is -0.496 e. The highest BCUT2D eigenvalue weighted by molar-refractivity contribution is 5.91. The van der Waals surface area contributed by atoms with Gasteiger partial charge >= 0.3 is 0 Å². The van der Waals surface area contributed by atoms with Crippen molar-refractivity contribution >= 4 is 5.91 Å². The first kappa shape index (κ1) is 20.3. The molecule has 0 radical (unpaired) electrons. The number of amides is 1. The number of carbonyl (C=O) groups excluding carboxylic acids is 1. The summed E-state index contributed by atoms with van der Waals surface area (Å²) in [7, 11) is 1.70. The van der Waals surface area contributed by atoms with Crippen LogP contribution in [0.4, 0.5) is 0 Å². The molecular formula is C20H29N5O3. The third kappa shape index (κ3) is 4.69. The van der Waals surface area contributed by atoms with Crippen LogP contribution in [0.25, 0.3) is 0 Å². The number of aryl methyl sites for hydroxylation is 2. The maximum atomic E-state index is 12.0. The van der Waals surface area contributed by atoms with Gasteiger partial charge in [-0.05, 0) is 56.0 Å². The lowest BCUT2D eigenvalue weighted by Crippen LogP contribution is -2.36. The van der Waals surface area contributed by atoms with Crippen LogP contribution in [0.3, 0.4) is 0 Å². The molecule has 1 saturated heterocycles. The van der Waals surface area contributed by atoms with Crippen molar-refractivity contribution in [2.75, 3.05) is 33.4 Å². The summed E-state index contributed by atoms with van der Waals surface area (Å²) in [6.45, 7) is 7.09. The Hall–Kier alpha value is -2.45. The van der Waals surface area contributed by atoms with E-state index >= 15 is 0 Å². The summed E-state index contributed by atoms with van der Waals surface area (Å²) in [4.78, 5) is 14.4. The summed E-state index contributed by atoms with van der Waals surface area (Å²) in [5.74, 6) is 0.615. The number of nitrogens with one attached hydrogen (secondary N) is 1. The van der Waals surface area contributed by atoms with E-state index in [1.165, 1.54) is 11.1 Å². The minimum atomic E-state index is -0.308. The Balaban J connectivity index is 1.66. The Kier molecular flexibility index (Phi) is 6.64. The van der Waals surface area contributed by atoms with E-state index in [0.717, 1.165) is 43.8 Å². The largest absolute Gasteiger partial charge is 0.496 e. The van der Waals surface area contributed by atoms with E-state index in [1.807, 2.05) is 0 Å². The maximum Gasteiger partial charge on any atom is 0.273 e. The number of aromatic nitrogens is 3. The Morgan fingerprint density at radius 2 is 2.18 bits per heavy atom. The summed E-state index contributed by atoms with van der Waals surface area (Å²) in [5.41, 5.74) is 3.97. The van der Waals surface area contributed by atoms with Gasteiger partial charge in [0.1, 0.15) is 5.75 Å². The second-order valence-corrected chi connectivity index (χ2v) is 7.34. The SMILES string of the molecule is COc1cc(C)c(CN2CCC[C@@H](n3cc(C(=O)NCCO)nn3)C2)cc1C. The number of ether oxygens (including phenoxy) is 1. The van der Waals surface area contributed by atoms with Gasteiger partial charge in [-0.2, -0.15) is 0 Å². The number of aliphatic hydroxyl groups is 1. The van der Waals surface area contributed by atoms with Gasteiger partial charge < -0.3 is 15.2 Å². The summed E-state index contributed by atoms with van der Waals surface area (Å²) < 4.78 is 7.21. The van der Waals surface area contributed by atoms with Gasteiger partial charge in [0.05, 0.1) is 26.0 Å². The van der Waals surface area contributed by atoms with Crippen LogP contribution in [0.1, 0.15) is 46.1 Å². The fraction of sp³-hybridized carbons (Fsp3) is 0.550. The lowest BCUT2D eigenvalue weighted by Gasteiger charge is -2.33. The fourth-order valence-corrected chi connectivity index (χ4v) is 3.69. The van der Waals surface area contributed by atoms with E-state index in [2.05, 4.69) is 46.5 Å². The molecule has 0 aliphatic carbocycles. The van der Waals surface area contributed by atoms with E-state index in [9.17, 15) is 4.79 Å². The molecule has 2 heterocycles. The molecule has 1 aromatic heterocycles. The van der Waals surface area contributed by atoms with Crippen molar-refractivity contribution in [3.8, 4) is 5.75 Å². The number of carbonyl (C=O) groups is 1. The molecular weight excluding hydrogens is 358 g/mol. The zero-order valence-electron chi connectivity index (χ0n) is 16.8. The van der Waals surface area contributed by atoms with Crippen molar-refractivity contribution < 1.29 is 14.6 Å². The topological polar surface area (TPSA) is 92.5 Å². The van der Waals surface area contributed by atoms with Gasteiger partial charge in [-0.1, -0.05) is 11.3 Å². The highest BCUT2D eigenvalue weighted by atomic mass is 16.5. The summed E-state index contributed by atoms with van der Waals surface area (Å²) in [5, 5.41) is 19.6. The normalized spacial score (nSPS) is 17.5. The Morgan fingerprint density at radius 3 is 2.93 bits per heavy atom. The molecule has 3 rings (SSSR count). The molecule has 1 aliphatic rings. The Bertz CT molecular complexity index is 820. The van der Waals surface area contributed by atoms with Crippen LogP contribution in [-0.4, -0.2) is 64.3 Å². The average Bonchev–Trinajstić information content (AvgIpc) is 3.19. The molecule has 0 bridgehead atoms. The highest BCUT2D eigenvalue weighted by Gasteiger charge is 2.24. The molecule has 2 N–H and O–H groups in total. The first-order chi connectivity index (χ1) is 13.5. The molecule has 0 spiro atoms. The lowest BCUT2D eigenvalue weighted by molar-refractivity contribution is 0.0939. The van der Waals surface area contributed by atoms with Crippen LogP contribution >= 0.6 is 0 Å². The highest BCUT2D eigenvalue weighted by Crippen LogP contribution is 2.26. The molecule has 28 heavy (non-hydrogen) atoms. The number of piperidine rings is 1. The van der Waals surface area contributed by atoms with Crippen molar-refractivity contribution in [3.63, 3.8) is 0 Å². The van der Waals surface area contributed by atoms with Crippen molar-refractivity contribution in [2.45, 2.75) is 39.3 Å². The molecule has 8 nitrogen and oxygen atoms in total. The van der Waals surface area contributed by atoms with Crippen molar-refractivity contribution in [1.29, 1.82) is 0 Å². The van der Waals surface area contributed by atoms with Crippen LogP contribution in [0.2, 0.25) is 0 Å². The standard InChI is InChI=1S/C20H29N5O3/c1-14-10-19(28-3)15(2)9-16(14)11-24-7-4-5-17(12-24)25-13-18(22-23-25)20(27)21-6-8-26/h9-10,13,17,26H,4-8,11-12H2,1-3H3,(H,21,27)/t17-/m1/s1. The molecule has 152 valence electrons. The number of methoxy groups -OCH3 is 1. The van der Waals surface area contributed by atoms with Crippen LogP contribution in [0, 0.1) is 13.8 Å². The van der Waals surface area contributed by atoms with Gasteiger partial charge in [-0.25, -0.2) is 4.68 Å². The van der Waals surface area contributed by atoms with Crippen molar-refractivity contribution in [3.05, 3.63) is 40.7 Å². The smallest absolute Gasteiger partial charge is 0.273 e. The van der Waals surface area contributed by atoms with Crippen LogP contribution in [0.15, 0.2) is 18.3 Å². The molecule has 8 heteroatoms. The number of benzene rings is 1. The minimum absolute atomic E-state index is 0.0955. The third-order valence-electron chi connectivity index (χ3n) is 5.24.